The summed E-state index contributed by atoms with van der Waals surface area (Å²) in [5, 5.41) is 10.6. The number of fused-ring (bicyclic) bond motifs is 1. The molecule has 1 N–H and O–H groups in total. The van der Waals surface area contributed by atoms with Gasteiger partial charge in [-0.1, -0.05) is 12.1 Å². The molecule has 1 amide bonds. The monoisotopic (exact) mass is 259 g/mol. The van der Waals surface area contributed by atoms with E-state index in [0.29, 0.717) is 10.9 Å². The molecule has 3 nitrogen and oxygen atoms in total. The molecule has 0 radical (unpaired) electrons. The second-order valence-corrected chi connectivity index (χ2v) is 4.83. The summed E-state index contributed by atoms with van der Waals surface area (Å²) in [6, 6.07) is 7.44. The van der Waals surface area contributed by atoms with Crippen LogP contribution in [0.5, 0.6) is 5.75 Å². The third-order valence-corrected chi connectivity index (χ3v) is 3.56. The number of carbonyl (C=O) groups is 1. The SMILES string of the molecule is O=C(c1cc(O)c2cccc(F)c2c1)N1CCCC1. The normalized spacial score (nSPS) is 15.1. The summed E-state index contributed by atoms with van der Waals surface area (Å²) in [7, 11) is 0. The first-order valence-corrected chi connectivity index (χ1v) is 6.37. The smallest absolute Gasteiger partial charge is 0.254 e. The molecule has 1 heterocycles. The number of amides is 1. The third kappa shape index (κ3) is 2.03. The average molecular weight is 259 g/mol. The molecule has 2 aromatic rings. The van der Waals surface area contributed by atoms with Crippen LogP contribution in [0.15, 0.2) is 30.3 Å². The predicted molar refractivity (Wildman–Crippen MR) is 70.7 cm³/mol. The number of halogens is 1. The maximum Gasteiger partial charge on any atom is 0.254 e. The summed E-state index contributed by atoms with van der Waals surface area (Å²) < 4.78 is 13.8. The van der Waals surface area contributed by atoms with Gasteiger partial charge in [-0.25, -0.2) is 4.39 Å². The van der Waals surface area contributed by atoms with Gasteiger partial charge in [0.2, 0.25) is 0 Å². The Morgan fingerprint density at radius 2 is 1.89 bits per heavy atom. The van der Waals surface area contributed by atoms with Crippen molar-refractivity contribution >= 4 is 16.7 Å². The Morgan fingerprint density at radius 1 is 1.16 bits per heavy atom. The van der Waals surface area contributed by atoms with E-state index in [0.717, 1.165) is 25.9 Å². The summed E-state index contributed by atoms with van der Waals surface area (Å²) in [5.74, 6) is -0.624. The van der Waals surface area contributed by atoms with E-state index >= 15 is 0 Å². The zero-order valence-electron chi connectivity index (χ0n) is 10.4. The van der Waals surface area contributed by atoms with Gasteiger partial charge in [0.1, 0.15) is 11.6 Å². The van der Waals surface area contributed by atoms with E-state index in [-0.39, 0.29) is 17.0 Å². The minimum atomic E-state index is -0.427. The number of carbonyl (C=O) groups excluding carboxylic acids is 1. The van der Waals surface area contributed by atoms with Gasteiger partial charge in [0.25, 0.3) is 5.91 Å². The molecule has 0 unspecified atom stereocenters. The van der Waals surface area contributed by atoms with Crippen molar-refractivity contribution in [2.75, 3.05) is 13.1 Å². The van der Waals surface area contributed by atoms with Gasteiger partial charge in [0.15, 0.2) is 0 Å². The molecule has 1 fully saturated rings. The minimum Gasteiger partial charge on any atom is -0.507 e. The van der Waals surface area contributed by atoms with Gasteiger partial charge in [-0.15, -0.1) is 0 Å². The summed E-state index contributed by atoms with van der Waals surface area (Å²) >= 11 is 0. The lowest BCUT2D eigenvalue weighted by Crippen LogP contribution is -2.27. The van der Waals surface area contributed by atoms with Gasteiger partial charge in [0.05, 0.1) is 0 Å². The standard InChI is InChI=1S/C15H14FNO2/c16-13-5-3-4-11-12(13)8-10(9-14(11)18)15(19)17-6-1-2-7-17/h3-5,8-9,18H,1-2,6-7H2. The van der Waals surface area contributed by atoms with Gasteiger partial charge >= 0.3 is 0 Å². The Morgan fingerprint density at radius 3 is 2.63 bits per heavy atom. The number of nitrogens with zero attached hydrogens (tertiary/aromatic N) is 1. The first-order chi connectivity index (χ1) is 9.16. The van der Waals surface area contributed by atoms with Crippen molar-refractivity contribution in [3.05, 3.63) is 41.7 Å². The highest BCUT2D eigenvalue weighted by Crippen LogP contribution is 2.29. The molecular formula is C15H14FNO2. The van der Waals surface area contributed by atoms with E-state index in [1.165, 1.54) is 18.2 Å². The highest BCUT2D eigenvalue weighted by Gasteiger charge is 2.21. The molecule has 2 aromatic carbocycles. The quantitative estimate of drug-likeness (QED) is 0.855. The second-order valence-electron chi connectivity index (χ2n) is 4.83. The minimum absolute atomic E-state index is 0.0560. The fraction of sp³-hybridized carbons (Fsp3) is 0.267. The van der Waals surface area contributed by atoms with Crippen molar-refractivity contribution in [2.45, 2.75) is 12.8 Å². The molecule has 1 aliphatic rings. The van der Waals surface area contributed by atoms with Crippen molar-refractivity contribution < 1.29 is 14.3 Å². The summed E-state index contributed by atoms with van der Waals surface area (Å²) in [4.78, 5) is 14.0. The molecule has 0 saturated carbocycles. The summed E-state index contributed by atoms with van der Waals surface area (Å²) in [6.07, 6.45) is 2.00. The number of phenols is 1. The van der Waals surface area contributed by atoms with Crippen molar-refractivity contribution in [3.63, 3.8) is 0 Å². The van der Waals surface area contributed by atoms with Crippen LogP contribution in [0, 0.1) is 5.82 Å². The van der Waals surface area contributed by atoms with Gasteiger partial charge in [0, 0.05) is 29.4 Å². The zero-order chi connectivity index (χ0) is 13.4. The van der Waals surface area contributed by atoms with E-state index in [2.05, 4.69) is 0 Å². The number of rotatable bonds is 1. The van der Waals surface area contributed by atoms with Crippen molar-refractivity contribution in [1.29, 1.82) is 0 Å². The number of phenolic OH excluding ortho intramolecular Hbond substituents is 1. The molecule has 0 spiro atoms. The molecule has 98 valence electrons. The largest absolute Gasteiger partial charge is 0.507 e. The zero-order valence-corrected chi connectivity index (χ0v) is 10.4. The lowest BCUT2D eigenvalue weighted by molar-refractivity contribution is 0.0792. The number of likely N-dealkylation sites (tertiary alicyclic amines) is 1. The highest BCUT2D eigenvalue weighted by atomic mass is 19.1. The van der Waals surface area contributed by atoms with Crippen molar-refractivity contribution in [2.24, 2.45) is 0 Å². The molecule has 19 heavy (non-hydrogen) atoms. The molecule has 1 saturated heterocycles. The van der Waals surface area contributed by atoms with E-state index in [1.807, 2.05) is 0 Å². The van der Waals surface area contributed by atoms with E-state index in [1.54, 1.807) is 17.0 Å². The van der Waals surface area contributed by atoms with Crippen LogP contribution in [0.1, 0.15) is 23.2 Å². The van der Waals surface area contributed by atoms with Crippen LogP contribution >= 0.6 is 0 Å². The van der Waals surface area contributed by atoms with Gasteiger partial charge in [-0.05, 0) is 31.0 Å². The fourth-order valence-electron chi connectivity index (χ4n) is 2.56. The molecular weight excluding hydrogens is 245 g/mol. The third-order valence-electron chi connectivity index (χ3n) is 3.56. The lowest BCUT2D eigenvalue weighted by atomic mass is 10.0. The number of aromatic hydroxyl groups is 1. The Bertz CT molecular complexity index is 648. The van der Waals surface area contributed by atoms with Crippen LogP contribution in [0.2, 0.25) is 0 Å². The molecule has 0 aliphatic carbocycles. The maximum atomic E-state index is 13.8. The number of hydrogen-bond donors (Lipinski definition) is 1. The maximum absolute atomic E-state index is 13.8. The Kier molecular flexibility index (Phi) is 2.85. The van der Waals surface area contributed by atoms with Crippen LogP contribution in [0.3, 0.4) is 0 Å². The Balaban J connectivity index is 2.09. The predicted octanol–water partition coefficient (Wildman–Crippen LogP) is 2.92. The van der Waals surface area contributed by atoms with Crippen LogP contribution in [0.25, 0.3) is 10.8 Å². The molecule has 0 bridgehead atoms. The summed E-state index contributed by atoms with van der Waals surface area (Å²) in [5.41, 5.74) is 0.344. The molecule has 1 aliphatic heterocycles. The van der Waals surface area contributed by atoms with Gasteiger partial charge in [-0.2, -0.15) is 0 Å². The first-order valence-electron chi connectivity index (χ1n) is 6.37. The van der Waals surface area contributed by atoms with Crippen LogP contribution < -0.4 is 0 Å². The lowest BCUT2D eigenvalue weighted by Gasteiger charge is -2.16. The number of hydrogen-bond acceptors (Lipinski definition) is 2. The topological polar surface area (TPSA) is 40.5 Å². The Hall–Kier alpha value is -2.10. The first kappa shape index (κ1) is 12.0. The van der Waals surface area contributed by atoms with E-state index in [4.69, 9.17) is 0 Å². The average Bonchev–Trinajstić information content (AvgIpc) is 2.93. The molecule has 3 rings (SSSR count). The number of benzene rings is 2. The van der Waals surface area contributed by atoms with E-state index < -0.39 is 5.82 Å². The van der Waals surface area contributed by atoms with Gasteiger partial charge in [-0.3, -0.25) is 4.79 Å². The van der Waals surface area contributed by atoms with Crippen LogP contribution in [-0.4, -0.2) is 29.0 Å². The molecule has 0 atom stereocenters. The molecule has 4 heteroatoms. The van der Waals surface area contributed by atoms with Crippen LogP contribution in [-0.2, 0) is 0 Å². The highest BCUT2D eigenvalue weighted by molar-refractivity contribution is 6.01. The van der Waals surface area contributed by atoms with Gasteiger partial charge < -0.3 is 10.0 Å². The van der Waals surface area contributed by atoms with Crippen molar-refractivity contribution in [1.82, 2.24) is 4.90 Å². The van der Waals surface area contributed by atoms with Crippen LogP contribution in [0.4, 0.5) is 4.39 Å². The Labute approximate surface area is 110 Å². The fourth-order valence-corrected chi connectivity index (χ4v) is 2.56. The summed E-state index contributed by atoms with van der Waals surface area (Å²) in [6.45, 7) is 1.46. The molecule has 0 aromatic heterocycles. The van der Waals surface area contributed by atoms with Crippen molar-refractivity contribution in [3.8, 4) is 5.75 Å². The van der Waals surface area contributed by atoms with E-state index in [9.17, 15) is 14.3 Å². The second kappa shape index (κ2) is 4.53.